The van der Waals surface area contributed by atoms with E-state index in [1.807, 2.05) is 24.3 Å². The molecule has 0 spiro atoms. The number of hydrogen-bond acceptors (Lipinski definition) is 2. The van der Waals surface area contributed by atoms with Crippen LogP contribution < -0.4 is 11.1 Å². The van der Waals surface area contributed by atoms with E-state index in [1.165, 1.54) is 12.8 Å². The Morgan fingerprint density at radius 1 is 1.28 bits per heavy atom. The van der Waals surface area contributed by atoms with Gasteiger partial charge in [-0.25, -0.2) is 0 Å². The minimum Gasteiger partial charge on any atom is -0.351 e. The second kappa shape index (κ2) is 5.53. The van der Waals surface area contributed by atoms with Gasteiger partial charge in [0.15, 0.2) is 0 Å². The summed E-state index contributed by atoms with van der Waals surface area (Å²) in [5.41, 5.74) is 7.79. The maximum absolute atomic E-state index is 12.1. The predicted molar refractivity (Wildman–Crippen MR) is 73.1 cm³/mol. The normalized spacial score (nSPS) is 17.7. The Labute approximate surface area is 109 Å². The standard InChI is InChI=1S/C15H22N2O/c1-15(8-4-5-9-15)17-14(18)10-12-6-2-3-7-13(12)11-16/h2-3,6-7H,4-5,8-11,16H2,1H3,(H,17,18). The molecule has 0 aliphatic heterocycles. The Morgan fingerprint density at radius 2 is 1.89 bits per heavy atom. The summed E-state index contributed by atoms with van der Waals surface area (Å²) in [5.74, 6) is 0.111. The first-order valence-corrected chi connectivity index (χ1v) is 6.71. The second-order valence-electron chi connectivity index (χ2n) is 5.47. The van der Waals surface area contributed by atoms with Gasteiger partial charge in [-0.3, -0.25) is 4.79 Å². The van der Waals surface area contributed by atoms with Crippen molar-refractivity contribution >= 4 is 5.91 Å². The van der Waals surface area contributed by atoms with E-state index >= 15 is 0 Å². The number of nitrogens with one attached hydrogen (secondary N) is 1. The van der Waals surface area contributed by atoms with Crippen LogP contribution in [-0.2, 0) is 17.8 Å². The van der Waals surface area contributed by atoms with Crippen LogP contribution in [0, 0.1) is 0 Å². The molecular formula is C15H22N2O. The van der Waals surface area contributed by atoms with Gasteiger partial charge < -0.3 is 11.1 Å². The fourth-order valence-electron chi connectivity index (χ4n) is 2.76. The van der Waals surface area contributed by atoms with Gasteiger partial charge in [-0.05, 0) is 30.9 Å². The highest BCUT2D eigenvalue weighted by Gasteiger charge is 2.29. The third-order valence-corrected chi connectivity index (χ3v) is 3.84. The molecule has 0 aromatic heterocycles. The quantitative estimate of drug-likeness (QED) is 0.855. The first kappa shape index (κ1) is 13.1. The monoisotopic (exact) mass is 246 g/mol. The minimum absolute atomic E-state index is 0.00867. The van der Waals surface area contributed by atoms with Crippen LogP contribution in [0.25, 0.3) is 0 Å². The lowest BCUT2D eigenvalue weighted by molar-refractivity contribution is -0.122. The molecule has 0 heterocycles. The van der Waals surface area contributed by atoms with E-state index in [0.29, 0.717) is 13.0 Å². The van der Waals surface area contributed by atoms with Crippen molar-refractivity contribution in [3.8, 4) is 0 Å². The van der Waals surface area contributed by atoms with Crippen molar-refractivity contribution in [1.29, 1.82) is 0 Å². The van der Waals surface area contributed by atoms with E-state index in [9.17, 15) is 4.79 Å². The van der Waals surface area contributed by atoms with Crippen LogP contribution in [0.15, 0.2) is 24.3 Å². The van der Waals surface area contributed by atoms with Crippen molar-refractivity contribution < 1.29 is 4.79 Å². The number of carbonyl (C=O) groups excluding carboxylic acids is 1. The summed E-state index contributed by atoms with van der Waals surface area (Å²) in [5, 5.41) is 3.18. The molecular weight excluding hydrogens is 224 g/mol. The molecule has 1 aliphatic carbocycles. The van der Waals surface area contributed by atoms with Crippen LogP contribution in [0.1, 0.15) is 43.7 Å². The molecule has 18 heavy (non-hydrogen) atoms. The number of carbonyl (C=O) groups is 1. The highest BCUT2D eigenvalue weighted by molar-refractivity contribution is 5.79. The van der Waals surface area contributed by atoms with Crippen LogP contribution in [0.3, 0.4) is 0 Å². The summed E-state index contributed by atoms with van der Waals surface area (Å²) in [4.78, 5) is 12.1. The number of nitrogens with two attached hydrogens (primary N) is 1. The highest BCUT2D eigenvalue weighted by Crippen LogP contribution is 2.28. The van der Waals surface area contributed by atoms with Gasteiger partial charge in [0, 0.05) is 12.1 Å². The van der Waals surface area contributed by atoms with Crippen LogP contribution in [-0.4, -0.2) is 11.4 Å². The van der Waals surface area contributed by atoms with Gasteiger partial charge in [0.05, 0.1) is 6.42 Å². The molecule has 1 aromatic carbocycles. The largest absolute Gasteiger partial charge is 0.351 e. The number of amides is 1. The average molecular weight is 246 g/mol. The fraction of sp³-hybridized carbons (Fsp3) is 0.533. The lowest BCUT2D eigenvalue weighted by Gasteiger charge is -2.25. The molecule has 3 N–H and O–H groups in total. The van der Waals surface area contributed by atoms with E-state index in [0.717, 1.165) is 24.0 Å². The van der Waals surface area contributed by atoms with E-state index in [2.05, 4.69) is 12.2 Å². The van der Waals surface area contributed by atoms with Gasteiger partial charge in [-0.1, -0.05) is 37.1 Å². The summed E-state index contributed by atoms with van der Waals surface area (Å²) < 4.78 is 0. The van der Waals surface area contributed by atoms with Crippen molar-refractivity contribution in [3.05, 3.63) is 35.4 Å². The van der Waals surface area contributed by atoms with Crippen LogP contribution in [0.4, 0.5) is 0 Å². The molecule has 2 rings (SSSR count). The maximum atomic E-state index is 12.1. The third kappa shape index (κ3) is 3.10. The Hall–Kier alpha value is -1.35. The second-order valence-corrected chi connectivity index (χ2v) is 5.47. The average Bonchev–Trinajstić information content (AvgIpc) is 2.76. The van der Waals surface area contributed by atoms with Gasteiger partial charge in [-0.2, -0.15) is 0 Å². The SMILES string of the molecule is CC1(NC(=O)Cc2ccccc2CN)CCCC1. The first-order valence-electron chi connectivity index (χ1n) is 6.71. The molecule has 1 amide bonds. The summed E-state index contributed by atoms with van der Waals surface area (Å²) in [7, 11) is 0. The van der Waals surface area contributed by atoms with Crippen LogP contribution >= 0.6 is 0 Å². The van der Waals surface area contributed by atoms with Crippen LogP contribution in [0.2, 0.25) is 0 Å². The summed E-state index contributed by atoms with van der Waals surface area (Å²) in [6.45, 7) is 2.63. The van der Waals surface area contributed by atoms with E-state index in [4.69, 9.17) is 5.73 Å². The van der Waals surface area contributed by atoms with Crippen molar-refractivity contribution in [2.24, 2.45) is 5.73 Å². The predicted octanol–water partition coefficient (Wildman–Crippen LogP) is 2.14. The Kier molecular flexibility index (Phi) is 4.02. The van der Waals surface area contributed by atoms with E-state index < -0.39 is 0 Å². The molecule has 1 aliphatic rings. The molecule has 1 fully saturated rings. The molecule has 98 valence electrons. The van der Waals surface area contributed by atoms with E-state index in [-0.39, 0.29) is 11.4 Å². The third-order valence-electron chi connectivity index (χ3n) is 3.84. The van der Waals surface area contributed by atoms with Crippen molar-refractivity contribution in [2.45, 2.75) is 51.1 Å². The van der Waals surface area contributed by atoms with Gasteiger partial charge in [0.2, 0.25) is 5.91 Å². The smallest absolute Gasteiger partial charge is 0.224 e. The topological polar surface area (TPSA) is 55.1 Å². The lowest BCUT2D eigenvalue weighted by atomic mass is 9.99. The Bertz CT molecular complexity index is 422. The molecule has 3 heteroatoms. The number of rotatable bonds is 4. The Morgan fingerprint density at radius 3 is 2.50 bits per heavy atom. The molecule has 0 saturated heterocycles. The van der Waals surface area contributed by atoms with Gasteiger partial charge >= 0.3 is 0 Å². The highest BCUT2D eigenvalue weighted by atomic mass is 16.1. The number of hydrogen-bond donors (Lipinski definition) is 2. The summed E-state index contributed by atoms with van der Waals surface area (Å²) in [6, 6.07) is 7.89. The van der Waals surface area contributed by atoms with Crippen molar-refractivity contribution in [2.75, 3.05) is 0 Å². The van der Waals surface area contributed by atoms with Crippen LogP contribution in [0.5, 0.6) is 0 Å². The first-order chi connectivity index (χ1) is 8.63. The zero-order valence-electron chi connectivity index (χ0n) is 11.0. The molecule has 0 unspecified atom stereocenters. The Balaban J connectivity index is 1.98. The maximum Gasteiger partial charge on any atom is 0.224 e. The molecule has 1 aromatic rings. The van der Waals surface area contributed by atoms with Gasteiger partial charge in [0.1, 0.15) is 0 Å². The molecule has 0 radical (unpaired) electrons. The summed E-state index contributed by atoms with van der Waals surface area (Å²) >= 11 is 0. The van der Waals surface area contributed by atoms with Crippen molar-refractivity contribution in [1.82, 2.24) is 5.32 Å². The molecule has 3 nitrogen and oxygen atoms in total. The zero-order chi connectivity index (χ0) is 13.0. The van der Waals surface area contributed by atoms with Crippen molar-refractivity contribution in [3.63, 3.8) is 0 Å². The molecule has 1 saturated carbocycles. The number of benzene rings is 1. The minimum atomic E-state index is 0.00867. The lowest BCUT2D eigenvalue weighted by Crippen LogP contribution is -2.44. The van der Waals surface area contributed by atoms with Gasteiger partial charge in [-0.15, -0.1) is 0 Å². The fourth-order valence-corrected chi connectivity index (χ4v) is 2.76. The van der Waals surface area contributed by atoms with Gasteiger partial charge in [0.25, 0.3) is 0 Å². The zero-order valence-corrected chi connectivity index (χ0v) is 11.0. The van der Waals surface area contributed by atoms with E-state index in [1.54, 1.807) is 0 Å². The summed E-state index contributed by atoms with van der Waals surface area (Å²) in [6.07, 6.45) is 5.06. The molecule has 0 atom stereocenters. The molecule has 0 bridgehead atoms.